The quantitative estimate of drug-likeness (QED) is 0.684. The Bertz CT molecular complexity index is 872. The molecule has 6 nitrogen and oxygen atoms in total. The molecule has 1 saturated heterocycles. The van der Waals surface area contributed by atoms with Gasteiger partial charge in [0, 0.05) is 25.2 Å². The van der Waals surface area contributed by atoms with Crippen molar-refractivity contribution in [3.05, 3.63) is 66.3 Å². The summed E-state index contributed by atoms with van der Waals surface area (Å²) >= 11 is 0. The van der Waals surface area contributed by atoms with Gasteiger partial charge in [-0.1, -0.05) is 53.7 Å². The molecule has 148 valence electrons. The Labute approximate surface area is 171 Å². The molecule has 4 rings (SSSR count). The highest BCUT2D eigenvalue weighted by atomic mass is 35.5. The molecule has 28 heavy (non-hydrogen) atoms. The van der Waals surface area contributed by atoms with E-state index in [1.54, 1.807) is 0 Å². The Balaban J connectivity index is 0.00000225. The molecule has 0 aliphatic carbocycles. The summed E-state index contributed by atoms with van der Waals surface area (Å²) in [5, 5.41) is 7.53. The zero-order valence-electron chi connectivity index (χ0n) is 15.9. The molecule has 0 amide bonds. The lowest BCUT2D eigenvalue weighted by molar-refractivity contribution is 0.190. The van der Waals surface area contributed by atoms with Crippen LogP contribution < -0.4 is 10.1 Å². The largest absolute Gasteiger partial charge is 0.492 e. The van der Waals surface area contributed by atoms with E-state index in [4.69, 9.17) is 9.26 Å². The number of rotatable bonds is 6. The number of piperazine rings is 1. The summed E-state index contributed by atoms with van der Waals surface area (Å²) in [7, 11) is 2.09. The molecular formula is C21H25ClN4O2. The first kappa shape index (κ1) is 20.3. The van der Waals surface area contributed by atoms with Gasteiger partial charge in [0.05, 0.1) is 19.1 Å². The fraction of sp³-hybridized carbons (Fsp3) is 0.333. The van der Waals surface area contributed by atoms with Crippen molar-refractivity contribution < 1.29 is 9.26 Å². The zero-order valence-corrected chi connectivity index (χ0v) is 16.7. The number of ether oxygens (including phenoxy) is 1. The van der Waals surface area contributed by atoms with Crippen molar-refractivity contribution in [2.45, 2.75) is 12.5 Å². The van der Waals surface area contributed by atoms with Crippen LogP contribution >= 0.6 is 12.4 Å². The van der Waals surface area contributed by atoms with Crippen LogP contribution in [0.1, 0.15) is 17.8 Å². The molecule has 1 unspecified atom stereocenters. The Hall–Kier alpha value is -2.41. The van der Waals surface area contributed by atoms with Crippen molar-refractivity contribution >= 4 is 12.4 Å². The predicted molar refractivity (Wildman–Crippen MR) is 111 cm³/mol. The van der Waals surface area contributed by atoms with Gasteiger partial charge in [0.15, 0.2) is 5.82 Å². The van der Waals surface area contributed by atoms with Crippen LogP contribution in [0, 0.1) is 0 Å². The molecule has 1 aliphatic rings. The third-order valence-corrected chi connectivity index (χ3v) is 4.84. The van der Waals surface area contributed by atoms with Crippen LogP contribution in [0.3, 0.4) is 0 Å². The molecule has 1 fully saturated rings. The molecule has 0 spiro atoms. The number of aromatic nitrogens is 2. The van der Waals surface area contributed by atoms with Crippen molar-refractivity contribution in [2.75, 3.05) is 33.3 Å². The molecule has 1 atom stereocenters. The molecule has 0 radical (unpaired) electrons. The standard InChI is InChI=1S/C21H24N4O2.ClH/c1-25-13-12-22-15-18(25)21-23-20(27-24-21)11-14-26-19-10-6-5-9-17(19)16-7-3-2-4-8-16;/h2-10,18,22H,11-15H2,1H3;1H. The Morgan fingerprint density at radius 2 is 1.93 bits per heavy atom. The van der Waals surface area contributed by atoms with Crippen LogP contribution in [0.2, 0.25) is 0 Å². The van der Waals surface area contributed by atoms with Crippen LogP contribution in [0.4, 0.5) is 0 Å². The molecule has 1 aliphatic heterocycles. The van der Waals surface area contributed by atoms with Crippen molar-refractivity contribution in [1.82, 2.24) is 20.4 Å². The highest BCUT2D eigenvalue weighted by Crippen LogP contribution is 2.29. The molecule has 2 heterocycles. The van der Waals surface area contributed by atoms with Crippen LogP contribution in [0.5, 0.6) is 5.75 Å². The van der Waals surface area contributed by atoms with E-state index < -0.39 is 0 Å². The highest BCUT2D eigenvalue weighted by Gasteiger charge is 2.25. The summed E-state index contributed by atoms with van der Waals surface area (Å²) in [5.41, 5.74) is 2.22. The van der Waals surface area contributed by atoms with E-state index in [1.807, 2.05) is 36.4 Å². The number of nitrogens with one attached hydrogen (secondary N) is 1. The van der Waals surface area contributed by atoms with Crippen LogP contribution in [-0.4, -0.2) is 48.3 Å². The molecule has 2 aromatic carbocycles. The second-order valence-corrected chi connectivity index (χ2v) is 6.71. The fourth-order valence-electron chi connectivity index (χ4n) is 3.30. The van der Waals surface area contributed by atoms with Gasteiger partial charge < -0.3 is 14.6 Å². The van der Waals surface area contributed by atoms with Gasteiger partial charge in [-0.25, -0.2) is 0 Å². The van der Waals surface area contributed by atoms with Crippen molar-refractivity contribution in [2.24, 2.45) is 0 Å². The van der Waals surface area contributed by atoms with Crippen LogP contribution in [-0.2, 0) is 6.42 Å². The maximum atomic E-state index is 6.02. The van der Waals surface area contributed by atoms with Gasteiger partial charge in [0.25, 0.3) is 0 Å². The minimum Gasteiger partial charge on any atom is -0.492 e. The maximum Gasteiger partial charge on any atom is 0.230 e. The van der Waals surface area contributed by atoms with E-state index in [2.05, 4.69) is 45.6 Å². The number of para-hydroxylation sites is 1. The van der Waals surface area contributed by atoms with E-state index in [-0.39, 0.29) is 18.4 Å². The summed E-state index contributed by atoms with van der Waals surface area (Å²) < 4.78 is 11.4. The lowest BCUT2D eigenvalue weighted by Gasteiger charge is -2.30. The van der Waals surface area contributed by atoms with E-state index in [0.29, 0.717) is 18.9 Å². The van der Waals surface area contributed by atoms with Gasteiger partial charge >= 0.3 is 0 Å². The molecular weight excluding hydrogens is 376 g/mol. The second-order valence-electron chi connectivity index (χ2n) is 6.71. The smallest absolute Gasteiger partial charge is 0.230 e. The molecule has 1 aromatic heterocycles. The number of benzene rings is 2. The summed E-state index contributed by atoms with van der Waals surface area (Å²) in [5.74, 6) is 2.21. The Morgan fingerprint density at radius 1 is 1.14 bits per heavy atom. The van der Waals surface area contributed by atoms with E-state index >= 15 is 0 Å². The Kier molecular flexibility index (Phi) is 7.03. The summed E-state index contributed by atoms with van der Waals surface area (Å²) in [6, 6.07) is 18.5. The normalized spacial score (nSPS) is 17.1. The average molecular weight is 401 g/mol. The monoisotopic (exact) mass is 400 g/mol. The molecule has 7 heteroatoms. The highest BCUT2D eigenvalue weighted by molar-refractivity contribution is 5.85. The Morgan fingerprint density at radius 3 is 2.75 bits per heavy atom. The van der Waals surface area contributed by atoms with Gasteiger partial charge in [-0.05, 0) is 18.7 Å². The minimum absolute atomic E-state index is 0. The van der Waals surface area contributed by atoms with Gasteiger partial charge in [0.2, 0.25) is 5.89 Å². The number of hydrogen-bond donors (Lipinski definition) is 1. The minimum atomic E-state index is 0. The number of nitrogens with zero attached hydrogens (tertiary/aromatic N) is 3. The predicted octanol–water partition coefficient (Wildman–Crippen LogP) is 3.36. The van der Waals surface area contributed by atoms with E-state index in [1.165, 1.54) is 0 Å². The summed E-state index contributed by atoms with van der Waals surface area (Å²) in [6.07, 6.45) is 0.583. The topological polar surface area (TPSA) is 63.4 Å². The van der Waals surface area contributed by atoms with Gasteiger partial charge in [0.1, 0.15) is 5.75 Å². The first-order chi connectivity index (χ1) is 13.3. The second kappa shape index (κ2) is 9.68. The molecule has 1 N–H and O–H groups in total. The zero-order chi connectivity index (χ0) is 18.5. The molecule has 3 aromatic rings. The molecule has 0 saturated carbocycles. The van der Waals surface area contributed by atoms with Crippen molar-refractivity contribution in [3.63, 3.8) is 0 Å². The number of likely N-dealkylation sites (N-methyl/N-ethyl adjacent to an activating group) is 1. The number of halogens is 1. The lowest BCUT2D eigenvalue weighted by Crippen LogP contribution is -2.44. The van der Waals surface area contributed by atoms with Gasteiger partial charge in [-0.2, -0.15) is 4.98 Å². The first-order valence-electron chi connectivity index (χ1n) is 9.32. The SMILES string of the molecule is CN1CCNCC1c1noc(CCOc2ccccc2-c2ccccc2)n1.Cl. The van der Waals surface area contributed by atoms with Crippen LogP contribution in [0.15, 0.2) is 59.1 Å². The van der Waals surface area contributed by atoms with E-state index in [0.717, 1.165) is 42.3 Å². The van der Waals surface area contributed by atoms with E-state index in [9.17, 15) is 0 Å². The average Bonchev–Trinajstić information content (AvgIpc) is 3.18. The third kappa shape index (κ3) is 4.70. The maximum absolute atomic E-state index is 6.02. The van der Waals surface area contributed by atoms with Gasteiger partial charge in [-0.3, -0.25) is 4.90 Å². The lowest BCUT2D eigenvalue weighted by atomic mass is 10.1. The summed E-state index contributed by atoms with van der Waals surface area (Å²) in [6.45, 7) is 3.31. The molecule has 0 bridgehead atoms. The number of hydrogen-bond acceptors (Lipinski definition) is 6. The van der Waals surface area contributed by atoms with Gasteiger partial charge in [-0.15, -0.1) is 12.4 Å². The van der Waals surface area contributed by atoms with Crippen molar-refractivity contribution in [1.29, 1.82) is 0 Å². The third-order valence-electron chi connectivity index (χ3n) is 4.84. The fourth-order valence-corrected chi connectivity index (χ4v) is 3.30. The van der Waals surface area contributed by atoms with Crippen LogP contribution in [0.25, 0.3) is 11.1 Å². The van der Waals surface area contributed by atoms with Crippen molar-refractivity contribution in [3.8, 4) is 16.9 Å². The first-order valence-corrected chi connectivity index (χ1v) is 9.32. The summed E-state index contributed by atoms with van der Waals surface area (Å²) in [4.78, 5) is 6.80.